The Kier molecular flexibility index (Phi) is 3.45. The number of carbonyl (C=O) groups excluding carboxylic acids is 1. The quantitative estimate of drug-likeness (QED) is 0.542. The van der Waals surface area contributed by atoms with Crippen LogP contribution in [0.15, 0.2) is 12.2 Å². The van der Waals surface area contributed by atoms with E-state index >= 15 is 0 Å². The van der Waals surface area contributed by atoms with Crippen molar-refractivity contribution < 1.29 is 9.53 Å². The molecule has 1 saturated heterocycles. The molecular formula is C12H22N2O2. The zero-order valence-electron chi connectivity index (χ0n) is 10.6. The normalized spacial score (nSPS) is 26.1. The number of carbonyl (C=O) groups is 1. The van der Waals surface area contributed by atoms with Gasteiger partial charge in [0.05, 0.1) is 12.6 Å². The number of hydrogen-bond donors (Lipinski definition) is 2. The number of hydrogen-bond acceptors (Lipinski definition) is 3. The van der Waals surface area contributed by atoms with Crippen LogP contribution in [0.1, 0.15) is 34.1 Å². The molecule has 1 amide bonds. The molecule has 1 aliphatic heterocycles. The third kappa shape index (κ3) is 2.28. The van der Waals surface area contributed by atoms with Gasteiger partial charge in [-0.05, 0) is 27.2 Å². The van der Waals surface area contributed by atoms with Crippen LogP contribution < -0.4 is 11.1 Å². The van der Waals surface area contributed by atoms with Crippen molar-refractivity contribution in [3.63, 3.8) is 0 Å². The lowest BCUT2D eigenvalue weighted by Crippen LogP contribution is -2.59. The lowest BCUT2D eigenvalue weighted by atomic mass is 9.81. The lowest BCUT2D eigenvalue weighted by molar-refractivity contribution is -0.118. The highest BCUT2D eigenvalue weighted by atomic mass is 16.6. The van der Waals surface area contributed by atoms with Crippen molar-refractivity contribution >= 4 is 5.91 Å². The van der Waals surface area contributed by atoms with Crippen molar-refractivity contribution in [2.45, 2.75) is 51.3 Å². The van der Waals surface area contributed by atoms with Crippen LogP contribution in [0.4, 0.5) is 0 Å². The van der Waals surface area contributed by atoms with Gasteiger partial charge in [0.25, 0.3) is 0 Å². The molecule has 0 saturated carbocycles. The molecule has 4 nitrogen and oxygen atoms in total. The van der Waals surface area contributed by atoms with Crippen LogP contribution in [0, 0.1) is 0 Å². The molecule has 0 aromatic rings. The molecule has 0 bridgehead atoms. The van der Waals surface area contributed by atoms with Crippen LogP contribution in [-0.4, -0.2) is 29.7 Å². The van der Waals surface area contributed by atoms with Gasteiger partial charge in [0.15, 0.2) is 0 Å². The van der Waals surface area contributed by atoms with Gasteiger partial charge in [0, 0.05) is 11.1 Å². The molecule has 92 valence electrons. The number of nitrogens with two attached hydrogens (primary N) is 1. The van der Waals surface area contributed by atoms with Crippen molar-refractivity contribution in [2.24, 2.45) is 5.73 Å². The van der Waals surface area contributed by atoms with Gasteiger partial charge in [-0.3, -0.25) is 4.79 Å². The number of epoxide rings is 1. The number of amides is 1. The third-order valence-corrected chi connectivity index (χ3v) is 3.21. The Labute approximate surface area is 97.2 Å². The summed E-state index contributed by atoms with van der Waals surface area (Å²) in [5.74, 6) is -0.133. The molecule has 2 atom stereocenters. The van der Waals surface area contributed by atoms with E-state index in [1.165, 1.54) is 0 Å². The van der Waals surface area contributed by atoms with Crippen LogP contribution >= 0.6 is 0 Å². The molecule has 1 fully saturated rings. The standard InChI is InChI=1S/C12H22N2O2/c1-6-9(14-10(15)8(2)3)12(7-16-12)11(4,5)13/h9H,2,6-7,13H2,1,3-5H3,(H,14,15). The molecule has 0 aromatic carbocycles. The van der Waals surface area contributed by atoms with Gasteiger partial charge in [-0.2, -0.15) is 0 Å². The van der Waals surface area contributed by atoms with E-state index in [4.69, 9.17) is 10.5 Å². The van der Waals surface area contributed by atoms with Crippen molar-refractivity contribution in [3.05, 3.63) is 12.2 Å². The SMILES string of the molecule is C=C(C)C(=O)NC(CC)C1(C(C)(C)N)CO1. The van der Waals surface area contributed by atoms with E-state index in [0.29, 0.717) is 12.2 Å². The van der Waals surface area contributed by atoms with E-state index in [1.807, 2.05) is 20.8 Å². The summed E-state index contributed by atoms with van der Waals surface area (Å²) in [5, 5.41) is 2.93. The second-order valence-electron chi connectivity index (χ2n) is 5.11. The zero-order valence-corrected chi connectivity index (χ0v) is 10.6. The van der Waals surface area contributed by atoms with Gasteiger partial charge < -0.3 is 15.8 Å². The average Bonchev–Trinajstić information content (AvgIpc) is 2.92. The van der Waals surface area contributed by atoms with Crippen LogP contribution in [0.3, 0.4) is 0 Å². The summed E-state index contributed by atoms with van der Waals surface area (Å²) in [4.78, 5) is 11.6. The van der Waals surface area contributed by atoms with E-state index in [1.54, 1.807) is 6.92 Å². The van der Waals surface area contributed by atoms with Crippen molar-refractivity contribution in [3.8, 4) is 0 Å². The molecule has 1 heterocycles. The maximum Gasteiger partial charge on any atom is 0.246 e. The van der Waals surface area contributed by atoms with E-state index in [9.17, 15) is 4.79 Å². The highest BCUT2D eigenvalue weighted by molar-refractivity contribution is 5.92. The monoisotopic (exact) mass is 226 g/mol. The highest BCUT2D eigenvalue weighted by Gasteiger charge is 2.60. The molecule has 3 N–H and O–H groups in total. The highest BCUT2D eigenvalue weighted by Crippen LogP contribution is 2.41. The van der Waals surface area contributed by atoms with Gasteiger partial charge >= 0.3 is 0 Å². The summed E-state index contributed by atoms with van der Waals surface area (Å²) >= 11 is 0. The van der Waals surface area contributed by atoms with Gasteiger partial charge in [0.1, 0.15) is 5.60 Å². The van der Waals surface area contributed by atoms with Crippen molar-refractivity contribution in [1.82, 2.24) is 5.32 Å². The fraction of sp³-hybridized carbons (Fsp3) is 0.750. The summed E-state index contributed by atoms with van der Waals surface area (Å²) in [7, 11) is 0. The second-order valence-corrected chi connectivity index (χ2v) is 5.11. The van der Waals surface area contributed by atoms with Crippen LogP contribution in [0.25, 0.3) is 0 Å². The Morgan fingerprint density at radius 3 is 2.44 bits per heavy atom. The van der Waals surface area contributed by atoms with Crippen molar-refractivity contribution in [2.75, 3.05) is 6.61 Å². The Morgan fingerprint density at radius 1 is 1.69 bits per heavy atom. The molecule has 1 rings (SSSR count). The lowest BCUT2D eigenvalue weighted by Gasteiger charge is -2.34. The molecule has 0 aromatic heterocycles. The smallest absolute Gasteiger partial charge is 0.246 e. The fourth-order valence-electron chi connectivity index (χ4n) is 1.93. The predicted molar refractivity (Wildman–Crippen MR) is 64.0 cm³/mol. The van der Waals surface area contributed by atoms with E-state index < -0.39 is 11.1 Å². The Balaban J connectivity index is 2.76. The largest absolute Gasteiger partial charge is 0.365 e. The Hall–Kier alpha value is -0.870. The molecule has 16 heavy (non-hydrogen) atoms. The van der Waals surface area contributed by atoms with Gasteiger partial charge in [-0.25, -0.2) is 0 Å². The first-order chi connectivity index (χ1) is 7.24. The maximum absolute atomic E-state index is 11.6. The van der Waals surface area contributed by atoms with Crippen LogP contribution in [0.5, 0.6) is 0 Å². The first-order valence-corrected chi connectivity index (χ1v) is 5.64. The summed E-state index contributed by atoms with van der Waals surface area (Å²) in [6.07, 6.45) is 0.791. The van der Waals surface area contributed by atoms with Crippen LogP contribution in [-0.2, 0) is 9.53 Å². The third-order valence-electron chi connectivity index (χ3n) is 3.21. The molecule has 0 aliphatic carbocycles. The second kappa shape index (κ2) is 4.18. The minimum Gasteiger partial charge on any atom is -0.365 e. The number of ether oxygens (including phenoxy) is 1. The Bertz CT molecular complexity index is 301. The molecule has 2 unspecified atom stereocenters. The van der Waals surface area contributed by atoms with Crippen molar-refractivity contribution in [1.29, 1.82) is 0 Å². The van der Waals surface area contributed by atoms with E-state index in [-0.39, 0.29) is 11.9 Å². The molecule has 0 spiro atoms. The topological polar surface area (TPSA) is 67.7 Å². The summed E-state index contributed by atoms with van der Waals surface area (Å²) < 4.78 is 5.52. The summed E-state index contributed by atoms with van der Waals surface area (Å²) in [6.45, 7) is 11.8. The fourth-order valence-corrected chi connectivity index (χ4v) is 1.93. The minimum absolute atomic E-state index is 0.0586. The predicted octanol–water partition coefficient (Wildman–Crippen LogP) is 0.964. The zero-order chi connectivity index (χ0) is 12.6. The van der Waals surface area contributed by atoms with Gasteiger partial charge in [0.2, 0.25) is 5.91 Å². The molecular weight excluding hydrogens is 204 g/mol. The average molecular weight is 226 g/mol. The molecule has 0 radical (unpaired) electrons. The first-order valence-electron chi connectivity index (χ1n) is 5.64. The maximum atomic E-state index is 11.6. The summed E-state index contributed by atoms with van der Waals surface area (Å²) in [5.41, 5.74) is 5.72. The Morgan fingerprint density at radius 2 is 2.19 bits per heavy atom. The number of rotatable bonds is 5. The molecule has 1 aliphatic rings. The minimum atomic E-state index is -0.462. The number of nitrogens with one attached hydrogen (secondary N) is 1. The first kappa shape index (κ1) is 13.2. The summed E-state index contributed by atoms with van der Waals surface area (Å²) in [6, 6.07) is -0.0586. The van der Waals surface area contributed by atoms with Crippen LogP contribution in [0.2, 0.25) is 0 Å². The van der Waals surface area contributed by atoms with Gasteiger partial charge in [-0.15, -0.1) is 0 Å². The molecule has 4 heteroatoms. The van der Waals surface area contributed by atoms with E-state index in [0.717, 1.165) is 6.42 Å². The van der Waals surface area contributed by atoms with Gasteiger partial charge in [-0.1, -0.05) is 13.5 Å². The van der Waals surface area contributed by atoms with E-state index in [2.05, 4.69) is 11.9 Å².